The molecule has 0 aliphatic carbocycles. The Bertz CT molecular complexity index is 828. The quantitative estimate of drug-likeness (QED) is 0.670. The van der Waals surface area contributed by atoms with E-state index < -0.39 is 0 Å². The van der Waals surface area contributed by atoms with Crippen molar-refractivity contribution >= 4 is 21.8 Å². The second kappa shape index (κ2) is 8.12. The van der Waals surface area contributed by atoms with Crippen LogP contribution in [0.15, 0.2) is 71.5 Å². The summed E-state index contributed by atoms with van der Waals surface area (Å²) in [6, 6.07) is 18.1. The Labute approximate surface area is 156 Å². The zero-order valence-corrected chi connectivity index (χ0v) is 15.6. The van der Waals surface area contributed by atoms with Gasteiger partial charge < -0.3 is 5.32 Å². The van der Waals surface area contributed by atoms with Gasteiger partial charge in [-0.2, -0.15) is 5.10 Å². The van der Waals surface area contributed by atoms with Crippen LogP contribution in [0.2, 0.25) is 0 Å². The summed E-state index contributed by atoms with van der Waals surface area (Å²) in [6.07, 6.45) is 5.17. The Morgan fingerprint density at radius 3 is 2.60 bits per heavy atom. The van der Waals surface area contributed by atoms with Crippen LogP contribution < -0.4 is 5.32 Å². The van der Waals surface area contributed by atoms with Crippen LogP contribution in [0.1, 0.15) is 29.3 Å². The van der Waals surface area contributed by atoms with Gasteiger partial charge in [0.15, 0.2) is 0 Å². The van der Waals surface area contributed by atoms with Gasteiger partial charge in [-0.05, 0) is 49.6 Å². The maximum Gasteiger partial charge on any atom is 0.254 e. The van der Waals surface area contributed by atoms with E-state index in [0.717, 1.165) is 23.0 Å². The summed E-state index contributed by atoms with van der Waals surface area (Å²) >= 11 is 3.44. The molecule has 3 rings (SSSR count). The van der Waals surface area contributed by atoms with E-state index in [-0.39, 0.29) is 11.9 Å². The van der Waals surface area contributed by atoms with Crippen LogP contribution in [0.25, 0.3) is 5.69 Å². The number of carbonyl (C=O) groups is 1. The van der Waals surface area contributed by atoms with E-state index in [1.807, 2.05) is 49.4 Å². The molecule has 25 heavy (non-hydrogen) atoms. The predicted molar refractivity (Wildman–Crippen MR) is 103 cm³/mol. The van der Waals surface area contributed by atoms with Crippen molar-refractivity contribution in [2.75, 3.05) is 0 Å². The van der Waals surface area contributed by atoms with Crippen molar-refractivity contribution in [3.8, 4) is 5.69 Å². The third-order valence-corrected chi connectivity index (χ3v) is 4.55. The van der Waals surface area contributed by atoms with Crippen LogP contribution >= 0.6 is 15.9 Å². The number of para-hydroxylation sites is 1. The molecule has 1 amide bonds. The summed E-state index contributed by atoms with van der Waals surface area (Å²) in [5.74, 6) is -0.0921. The summed E-state index contributed by atoms with van der Waals surface area (Å²) in [7, 11) is 0. The number of amides is 1. The molecule has 0 fully saturated rings. The molecule has 1 heterocycles. The number of rotatable bonds is 6. The second-order valence-corrected chi connectivity index (χ2v) is 6.96. The smallest absolute Gasteiger partial charge is 0.254 e. The molecule has 5 heteroatoms. The molecule has 0 spiro atoms. The fourth-order valence-corrected chi connectivity index (χ4v) is 2.84. The zero-order valence-electron chi connectivity index (χ0n) is 14.0. The van der Waals surface area contributed by atoms with Gasteiger partial charge in [0.25, 0.3) is 5.91 Å². The summed E-state index contributed by atoms with van der Waals surface area (Å²) in [4.78, 5) is 12.4. The number of aryl methyl sites for hydroxylation is 1. The molecule has 1 atom stereocenters. The van der Waals surface area contributed by atoms with Crippen LogP contribution in [0.3, 0.4) is 0 Å². The fraction of sp³-hybridized carbons (Fsp3) is 0.200. The van der Waals surface area contributed by atoms with Gasteiger partial charge in [0, 0.05) is 16.7 Å². The van der Waals surface area contributed by atoms with Gasteiger partial charge in [-0.25, -0.2) is 4.68 Å². The van der Waals surface area contributed by atoms with Crippen molar-refractivity contribution < 1.29 is 4.79 Å². The maximum atomic E-state index is 12.4. The Balaban J connectivity index is 1.55. The van der Waals surface area contributed by atoms with E-state index in [2.05, 4.69) is 38.5 Å². The van der Waals surface area contributed by atoms with Gasteiger partial charge in [-0.15, -0.1) is 0 Å². The molecule has 2 aromatic carbocycles. The topological polar surface area (TPSA) is 46.9 Å². The lowest BCUT2D eigenvalue weighted by atomic mass is 10.1. The highest BCUT2D eigenvalue weighted by molar-refractivity contribution is 9.10. The number of nitrogens with one attached hydrogen (secondary N) is 1. The monoisotopic (exact) mass is 397 g/mol. The van der Waals surface area contributed by atoms with E-state index in [1.54, 1.807) is 17.1 Å². The standard InChI is InChI=1S/C20H20BrN3O/c1-15(7-8-16-9-11-18(21)12-10-16)23-20(25)17-13-22-24(14-17)19-5-3-2-4-6-19/h2-6,9-15H,7-8H2,1H3,(H,23,25). The molecule has 1 N–H and O–H groups in total. The average molecular weight is 398 g/mol. The Hall–Kier alpha value is -2.40. The molecule has 0 aliphatic rings. The van der Waals surface area contributed by atoms with Crippen molar-refractivity contribution in [2.24, 2.45) is 0 Å². The number of hydrogen-bond acceptors (Lipinski definition) is 2. The number of hydrogen-bond donors (Lipinski definition) is 1. The highest BCUT2D eigenvalue weighted by Gasteiger charge is 2.12. The van der Waals surface area contributed by atoms with E-state index in [0.29, 0.717) is 5.56 Å². The Kier molecular flexibility index (Phi) is 5.66. The van der Waals surface area contributed by atoms with E-state index in [1.165, 1.54) is 5.56 Å². The molecule has 1 aromatic heterocycles. The molecule has 4 nitrogen and oxygen atoms in total. The summed E-state index contributed by atoms with van der Waals surface area (Å²) in [6.45, 7) is 2.03. The second-order valence-electron chi connectivity index (χ2n) is 6.05. The summed E-state index contributed by atoms with van der Waals surface area (Å²) < 4.78 is 2.79. The van der Waals surface area contributed by atoms with Crippen molar-refractivity contribution in [3.63, 3.8) is 0 Å². The SMILES string of the molecule is CC(CCc1ccc(Br)cc1)NC(=O)c1cnn(-c2ccccc2)c1. The van der Waals surface area contributed by atoms with Gasteiger partial charge in [-0.1, -0.05) is 46.3 Å². The van der Waals surface area contributed by atoms with E-state index >= 15 is 0 Å². The molecule has 0 saturated carbocycles. The molecule has 0 aliphatic heterocycles. The first kappa shape index (κ1) is 17.4. The number of halogens is 1. The minimum Gasteiger partial charge on any atom is -0.349 e. The van der Waals surface area contributed by atoms with Crippen molar-refractivity contribution in [2.45, 2.75) is 25.8 Å². The van der Waals surface area contributed by atoms with Gasteiger partial charge in [-0.3, -0.25) is 4.79 Å². The number of aromatic nitrogens is 2. The van der Waals surface area contributed by atoms with E-state index in [9.17, 15) is 4.79 Å². The molecule has 0 bridgehead atoms. The van der Waals surface area contributed by atoms with Crippen molar-refractivity contribution in [3.05, 3.63) is 82.6 Å². The number of carbonyl (C=O) groups excluding carboxylic acids is 1. The minimum atomic E-state index is -0.0921. The first-order valence-corrected chi connectivity index (χ1v) is 9.06. The van der Waals surface area contributed by atoms with Crippen molar-refractivity contribution in [1.82, 2.24) is 15.1 Å². The molecule has 0 saturated heterocycles. The maximum absolute atomic E-state index is 12.4. The van der Waals surface area contributed by atoms with Crippen molar-refractivity contribution in [1.29, 1.82) is 0 Å². The minimum absolute atomic E-state index is 0.0921. The van der Waals surface area contributed by atoms with E-state index in [4.69, 9.17) is 0 Å². The van der Waals surface area contributed by atoms with Crippen LogP contribution in [-0.2, 0) is 6.42 Å². The van der Waals surface area contributed by atoms with Gasteiger partial charge in [0.05, 0.1) is 17.4 Å². The van der Waals surface area contributed by atoms with Gasteiger partial charge in [0.1, 0.15) is 0 Å². The number of nitrogens with zero attached hydrogens (tertiary/aromatic N) is 2. The lowest BCUT2D eigenvalue weighted by Crippen LogP contribution is -2.32. The zero-order chi connectivity index (χ0) is 17.6. The molecule has 0 radical (unpaired) electrons. The average Bonchev–Trinajstić information content (AvgIpc) is 3.12. The molecule has 3 aromatic rings. The fourth-order valence-electron chi connectivity index (χ4n) is 2.58. The summed E-state index contributed by atoms with van der Waals surface area (Å²) in [5.41, 5.74) is 2.77. The largest absolute Gasteiger partial charge is 0.349 e. The predicted octanol–water partition coefficient (Wildman–Crippen LogP) is 4.39. The lowest BCUT2D eigenvalue weighted by Gasteiger charge is -2.13. The Morgan fingerprint density at radius 1 is 1.16 bits per heavy atom. The number of benzene rings is 2. The first-order chi connectivity index (χ1) is 12.1. The molecular formula is C20H20BrN3O. The van der Waals surface area contributed by atoms with Crippen LogP contribution in [-0.4, -0.2) is 21.7 Å². The molecule has 1 unspecified atom stereocenters. The third-order valence-electron chi connectivity index (χ3n) is 4.02. The van der Waals surface area contributed by atoms with Crippen LogP contribution in [0.4, 0.5) is 0 Å². The van der Waals surface area contributed by atoms with Gasteiger partial charge in [0.2, 0.25) is 0 Å². The highest BCUT2D eigenvalue weighted by atomic mass is 79.9. The Morgan fingerprint density at radius 2 is 1.88 bits per heavy atom. The van der Waals surface area contributed by atoms with Crippen LogP contribution in [0.5, 0.6) is 0 Å². The molecule has 128 valence electrons. The highest BCUT2D eigenvalue weighted by Crippen LogP contribution is 2.13. The normalized spacial score (nSPS) is 11.9. The first-order valence-electron chi connectivity index (χ1n) is 8.27. The van der Waals surface area contributed by atoms with Crippen LogP contribution in [0, 0.1) is 0 Å². The lowest BCUT2D eigenvalue weighted by molar-refractivity contribution is 0.0938. The van der Waals surface area contributed by atoms with Gasteiger partial charge >= 0.3 is 0 Å². The molecular weight excluding hydrogens is 378 g/mol. The summed E-state index contributed by atoms with van der Waals surface area (Å²) in [5, 5.41) is 7.31. The third kappa shape index (κ3) is 4.79.